The summed E-state index contributed by atoms with van der Waals surface area (Å²) in [6, 6.07) is 12.3. The van der Waals surface area contributed by atoms with Crippen molar-refractivity contribution >= 4 is 48.9 Å². The number of hydrogen-bond donors (Lipinski definition) is 3. The maximum atomic E-state index is 13.1. The summed E-state index contributed by atoms with van der Waals surface area (Å²) in [5.41, 5.74) is 1.47. The molecule has 0 fully saturated rings. The quantitative estimate of drug-likeness (QED) is 0.382. The molecule has 3 aromatic carbocycles. The van der Waals surface area contributed by atoms with E-state index in [-0.39, 0.29) is 28.5 Å². The zero-order valence-electron chi connectivity index (χ0n) is 17.4. The van der Waals surface area contributed by atoms with Gasteiger partial charge in [0.25, 0.3) is 5.91 Å². The van der Waals surface area contributed by atoms with Crippen molar-refractivity contribution in [3.05, 3.63) is 70.2 Å². The fourth-order valence-electron chi connectivity index (χ4n) is 3.53. The summed E-state index contributed by atoms with van der Waals surface area (Å²) >= 11 is 3.19. The van der Waals surface area contributed by atoms with Crippen LogP contribution in [0.4, 0.5) is 30.2 Å². The highest BCUT2D eigenvalue weighted by atomic mass is 79.9. The van der Waals surface area contributed by atoms with Gasteiger partial charge in [-0.3, -0.25) is 14.4 Å². The number of phenols is 1. The second kappa shape index (κ2) is 8.51. The molecule has 3 aromatic rings. The second-order valence-corrected chi connectivity index (χ2v) is 10.2. The Balaban J connectivity index is 1.64. The van der Waals surface area contributed by atoms with E-state index in [1.807, 2.05) is 0 Å². The smallest absolute Gasteiger partial charge is 0.416 e. The molecular formula is C22H17BrF3N3O4S. The Morgan fingerprint density at radius 3 is 2.41 bits per heavy atom. The number of aromatic hydroxyl groups is 1. The van der Waals surface area contributed by atoms with Crippen molar-refractivity contribution in [1.29, 1.82) is 0 Å². The van der Waals surface area contributed by atoms with Crippen LogP contribution in [0.5, 0.6) is 5.75 Å². The molecule has 0 radical (unpaired) electrons. The third-order valence-corrected chi connectivity index (χ3v) is 6.36. The van der Waals surface area contributed by atoms with Crippen LogP contribution in [0.2, 0.25) is 0 Å². The maximum absolute atomic E-state index is 13.1. The van der Waals surface area contributed by atoms with Crippen LogP contribution in [-0.4, -0.2) is 32.4 Å². The van der Waals surface area contributed by atoms with E-state index in [0.29, 0.717) is 28.1 Å². The number of sulfonamides is 1. The fraction of sp³-hybridized carbons (Fsp3) is 0.136. The summed E-state index contributed by atoms with van der Waals surface area (Å²) in [7, 11) is -3.65. The monoisotopic (exact) mass is 555 g/mol. The number of phenolic OH excluding ortho intramolecular Hbond substituents is 1. The largest absolute Gasteiger partial charge is 0.506 e. The first kappa shape index (κ1) is 23.9. The van der Waals surface area contributed by atoms with E-state index in [1.165, 1.54) is 29.2 Å². The number of carbonyl (C=O) groups is 1. The average Bonchev–Trinajstić information content (AvgIpc) is 2.74. The van der Waals surface area contributed by atoms with Gasteiger partial charge in [-0.15, -0.1) is 0 Å². The molecule has 34 heavy (non-hydrogen) atoms. The van der Waals surface area contributed by atoms with Gasteiger partial charge in [0.05, 0.1) is 29.7 Å². The number of fused-ring (bicyclic) bond motifs is 1. The zero-order valence-corrected chi connectivity index (χ0v) is 19.8. The van der Waals surface area contributed by atoms with E-state index in [4.69, 9.17) is 0 Å². The zero-order chi connectivity index (χ0) is 24.8. The molecule has 1 aliphatic heterocycles. The molecule has 0 spiro atoms. The molecule has 0 bridgehead atoms. The molecule has 0 unspecified atom stereocenters. The Morgan fingerprint density at radius 2 is 1.76 bits per heavy atom. The minimum absolute atomic E-state index is 0.0482. The number of carbonyl (C=O) groups excluding carboxylic acids is 1. The molecule has 0 aliphatic carbocycles. The molecule has 178 valence electrons. The van der Waals surface area contributed by atoms with E-state index in [9.17, 15) is 31.5 Å². The van der Waals surface area contributed by atoms with Crippen molar-refractivity contribution in [3.8, 4) is 16.9 Å². The lowest BCUT2D eigenvalue weighted by atomic mass is 9.99. The van der Waals surface area contributed by atoms with Crippen molar-refractivity contribution in [1.82, 2.24) is 0 Å². The lowest BCUT2D eigenvalue weighted by Gasteiger charge is -2.30. The molecule has 0 saturated heterocycles. The lowest BCUT2D eigenvalue weighted by molar-refractivity contribution is -0.137. The number of hydrogen-bond acceptors (Lipinski definition) is 5. The van der Waals surface area contributed by atoms with Gasteiger partial charge in [0, 0.05) is 15.8 Å². The van der Waals surface area contributed by atoms with Crippen LogP contribution in [0.3, 0.4) is 0 Å². The van der Waals surface area contributed by atoms with E-state index >= 15 is 0 Å². The van der Waals surface area contributed by atoms with Gasteiger partial charge in [0.1, 0.15) is 5.75 Å². The van der Waals surface area contributed by atoms with Crippen molar-refractivity contribution in [2.45, 2.75) is 6.18 Å². The van der Waals surface area contributed by atoms with Gasteiger partial charge in [0.2, 0.25) is 10.0 Å². The van der Waals surface area contributed by atoms with E-state index < -0.39 is 21.8 Å². The molecular weight excluding hydrogens is 539 g/mol. The number of benzene rings is 3. The van der Waals surface area contributed by atoms with Crippen LogP contribution in [0.1, 0.15) is 15.9 Å². The molecule has 3 N–H and O–H groups in total. The van der Waals surface area contributed by atoms with Gasteiger partial charge in [-0.25, -0.2) is 8.42 Å². The number of rotatable bonds is 4. The Labute approximate surface area is 201 Å². The van der Waals surface area contributed by atoms with Crippen LogP contribution < -0.4 is 14.9 Å². The van der Waals surface area contributed by atoms with Crippen LogP contribution in [0, 0.1) is 0 Å². The maximum Gasteiger partial charge on any atom is 0.416 e. The van der Waals surface area contributed by atoms with Gasteiger partial charge < -0.3 is 10.4 Å². The number of alkyl halides is 3. The number of nitrogens with one attached hydrogen (secondary N) is 2. The van der Waals surface area contributed by atoms with Crippen molar-refractivity contribution < 1.29 is 31.5 Å². The van der Waals surface area contributed by atoms with Gasteiger partial charge in [-0.05, 0) is 53.6 Å². The molecule has 7 nitrogen and oxygen atoms in total. The Morgan fingerprint density at radius 1 is 1.06 bits per heavy atom. The predicted molar refractivity (Wildman–Crippen MR) is 126 cm³/mol. The summed E-state index contributed by atoms with van der Waals surface area (Å²) in [6.07, 6.45) is -3.52. The third kappa shape index (κ3) is 4.82. The van der Waals surface area contributed by atoms with Gasteiger partial charge >= 0.3 is 6.18 Å². The summed E-state index contributed by atoms with van der Waals surface area (Å²) in [6.45, 7) is 0.0482. The Bertz CT molecular complexity index is 1410. The standard InChI is InChI=1S/C22H17BrF3N3O4S/c1-34(32,33)28-19-10-14(4-7-20(19)30)29-11-27-18-8-12(2-5-16(18)21(29)31)15-6-3-13(9-17(15)23)22(24,25)26/h2-10,27-28,30H,11H2,1H3. The molecule has 12 heteroatoms. The first-order chi connectivity index (χ1) is 15.8. The van der Waals surface area contributed by atoms with E-state index in [2.05, 4.69) is 26.0 Å². The fourth-order valence-corrected chi connectivity index (χ4v) is 4.70. The SMILES string of the molecule is CS(=O)(=O)Nc1cc(N2CNc3cc(-c4ccc(C(F)(F)F)cc4Br)ccc3C2=O)ccc1O. The number of anilines is 3. The Kier molecular flexibility index (Phi) is 5.98. The lowest BCUT2D eigenvalue weighted by Crippen LogP contribution is -2.40. The second-order valence-electron chi connectivity index (χ2n) is 7.60. The number of amides is 1. The van der Waals surface area contributed by atoms with Crippen molar-refractivity contribution in [2.75, 3.05) is 27.9 Å². The highest BCUT2D eigenvalue weighted by Crippen LogP contribution is 2.38. The minimum atomic E-state index is -4.46. The summed E-state index contributed by atoms with van der Waals surface area (Å²) < 4.78 is 64.4. The normalized spacial score (nSPS) is 13.9. The Hall–Kier alpha value is -3.25. The molecule has 0 saturated carbocycles. The highest BCUT2D eigenvalue weighted by molar-refractivity contribution is 9.10. The minimum Gasteiger partial charge on any atom is -0.506 e. The van der Waals surface area contributed by atoms with Crippen LogP contribution in [-0.2, 0) is 16.2 Å². The molecule has 1 aliphatic rings. The number of nitrogens with zero attached hydrogens (tertiary/aromatic N) is 1. The molecule has 1 amide bonds. The molecule has 0 atom stereocenters. The van der Waals surface area contributed by atoms with Crippen molar-refractivity contribution in [3.63, 3.8) is 0 Å². The first-order valence-corrected chi connectivity index (χ1v) is 12.4. The van der Waals surface area contributed by atoms with Gasteiger partial charge in [-0.2, -0.15) is 13.2 Å². The topological polar surface area (TPSA) is 98.7 Å². The average molecular weight is 556 g/mol. The summed E-state index contributed by atoms with van der Waals surface area (Å²) in [5.74, 6) is -0.665. The number of halogens is 4. The summed E-state index contributed by atoms with van der Waals surface area (Å²) in [5, 5.41) is 13.0. The van der Waals surface area contributed by atoms with E-state index in [1.54, 1.807) is 18.2 Å². The first-order valence-electron chi connectivity index (χ1n) is 9.71. The third-order valence-electron chi connectivity index (χ3n) is 5.12. The van der Waals surface area contributed by atoms with Gasteiger partial charge in [0.15, 0.2) is 0 Å². The van der Waals surface area contributed by atoms with Crippen LogP contribution in [0.15, 0.2) is 59.1 Å². The van der Waals surface area contributed by atoms with Gasteiger partial charge in [-0.1, -0.05) is 28.1 Å². The predicted octanol–water partition coefficient (Wildman–Crippen LogP) is 5.24. The molecule has 1 heterocycles. The van der Waals surface area contributed by atoms with E-state index in [0.717, 1.165) is 18.4 Å². The van der Waals surface area contributed by atoms with Crippen molar-refractivity contribution in [2.24, 2.45) is 0 Å². The summed E-state index contributed by atoms with van der Waals surface area (Å²) in [4.78, 5) is 14.5. The highest BCUT2D eigenvalue weighted by Gasteiger charge is 2.31. The molecule has 0 aromatic heterocycles. The van der Waals surface area contributed by atoms with Crippen LogP contribution >= 0.6 is 15.9 Å². The van der Waals surface area contributed by atoms with Crippen LogP contribution in [0.25, 0.3) is 11.1 Å². The molecule has 4 rings (SSSR count).